The van der Waals surface area contributed by atoms with Crippen LogP contribution in [0.5, 0.6) is 0 Å². The van der Waals surface area contributed by atoms with Gasteiger partial charge in [0.1, 0.15) is 0 Å². The Morgan fingerprint density at radius 3 is 1.62 bits per heavy atom. The Morgan fingerprint density at radius 2 is 1.38 bits per heavy atom. The van der Waals surface area contributed by atoms with Gasteiger partial charge in [-0.2, -0.15) is 0 Å². The highest BCUT2D eigenvalue weighted by atomic mass is 16.4. The van der Waals surface area contributed by atoms with Crippen molar-refractivity contribution >= 4 is 7.69 Å². The Bertz CT molecular complexity index is 282. The predicted molar refractivity (Wildman–Crippen MR) is 55.7 cm³/mol. The summed E-state index contributed by atoms with van der Waals surface area (Å²) >= 11 is 0. The molecule has 0 spiro atoms. The molecule has 0 saturated heterocycles. The second-order valence-corrected chi connectivity index (χ2v) is 4.19. The molecule has 2 nitrogen and oxygen atoms in total. The zero-order valence-corrected chi connectivity index (χ0v) is 8.33. The van der Waals surface area contributed by atoms with Gasteiger partial charge in [-0.15, -0.1) is 0 Å². The first kappa shape index (κ1) is 10.3. The van der Waals surface area contributed by atoms with E-state index in [0.29, 0.717) is 5.41 Å². The van der Waals surface area contributed by atoms with E-state index in [1.54, 1.807) is 0 Å². The summed E-state index contributed by atoms with van der Waals surface area (Å²) in [6.45, 7) is 6.75. The van der Waals surface area contributed by atoms with Crippen molar-refractivity contribution in [2.45, 2.75) is 26.2 Å². The molecule has 0 amide bonds. The third kappa shape index (κ3) is 2.57. The first-order valence-corrected chi connectivity index (χ1v) is 4.36. The number of fused-ring (bicyclic) bond motifs is 1. The van der Waals surface area contributed by atoms with Crippen molar-refractivity contribution in [3.8, 4) is 11.1 Å². The zero-order chi connectivity index (χ0) is 10.1. The number of hydrogen-bond acceptors (Lipinski definition) is 2. The van der Waals surface area contributed by atoms with E-state index in [-0.39, 0.29) is 0 Å². The zero-order valence-electron chi connectivity index (χ0n) is 8.33. The molecule has 0 atom stereocenters. The summed E-state index contributed by atoms with van der Waals surface area (Å²) in [6.07, 6.45) is 0. The molecule has 0 saturated carbocycles. The Morgan fingerprint density at radius 1 is 1.00 bits per heavy atom. The summed E-state index contributed by atoms with van der Waals surface area (Å²) in [5, 5.41) is 14.2. The van der Waals surface area contributed by atoms with Gasteiger partial charge in [0.05, 0.1) is 0 Å². The average molecular weight is 178 g/mol. The van der Waals surface area contributed by atoms with Crippen molar-refractivity contribution in [1.29, 1.82) is 0 Å². The summed E-state index contributed by atoms with van der Waals surface area (Å²) in [4.78, 5) is 0. The van der Waals surface area contributed by atoms with Crippen LogP contribution in [0.15, 0.2) is 18.2 Å². The summed E-state index contributed by atoms with van der Waals surface area (Å²) in [5.74, 6) is 0. The molecule has 2 aliphatic carbocycles. The van der Waals surface area contributed by atoms with Crippen LogP contribution in [0.1, 0.15) is 26.3 Å². The molecule has 0 fully saturated rings. The highest BCUT2D eigenvalue weighted by Gasteiger charge is 2.21. The van der Waals surface area contributed by atoms with Crippen LogP contribution < -0.4 is 0 Å². The number of benzene rings is 1. The molecule has 2 rings (SSSR count). The molecule has 0 aromatic heterocycles. The Labute approximate surface area is 79.5 Å². The highest BCUT2D eigenvalue weighted by Crippen LogP contribution is 2.40. The maximum atomic E-state index is 7.12. The van der Waals surface area contributed by atoms with E-state index in [0.717, 1.165) is 0 Å². The smallest absolute Gasteiger partial charge is 0.430 e. The minimum absolute atomic E-state index is 0.335. The van der Waals surface area contributed by atoms with E-state index in [1.165, 1.54) is 16.7 Å². The molecule has 2 N–H and O–H groups in total. The van der Waals surface area contributed by atoms with Crippen LogP contribution in [0.25, 0.3) is 11.1 Å². The normalized spacial score (nSPS) is 11.5. The van der Waals surface area contributed by atoms with Crippen molar-refractivity contribution in [2.75, 3.05) is 0 Å². The lowest BCUT2D eigenvalue weighted by atomic mass is 9.89. The minimum atomic E-state index is -0.750. The second-order valence-electron chi connectivity index (χ2n) is 4.19. The van der Waals surface area contributed by atoms with E-state index in [9.17, 15) is 0 Å². The second kappa shape index (κ2) is 3.52. The van der Waals surface area contributed by atoms with Crippen LogP contribution in [-0.2, 0) is 5.41 Å². The SMILES string of the molecule is CC(C)(C)c1cc2cc-2c1.OBO. The number of rotatable bonds is 0. The van der Waals surface area contributed by atoms with Crippen LogP contribution in [0.3, 0.4) is 0 Å². The van der Waals surface area contributed by atoms with Crippen LogP contribution in [-0.4, -0.2) is 17.7 Å². The van der Waals surface area contributed by atoms with E-state index in [4.69, 9.17) is 10.0 Å². The Kier molecular flexibility index (Phi) is 2.79. The lowest BCUT2D eigenvalue weighted by Gasteiger charge is -2.16. The van der Waals surface area contributed by atoms with Gasteiger partial charge < -0.3 is 10.0 Å². The van der Waals surface area contributed by atoms with Crippen molar-refractivity contribution in [3.63, 3.8) is 0 Å². The lowest BCUT2D eigenvalue weighted by molar-refractivity contribution is 0.448. The van der Waals surface area contributed by atoms with E-state index >= 15 is 0 Å². The van der Waals surface area contributed by atoms with Crippen molar-refractivity contribution in [3.05, 3.63) is 23.8 Å². The molecule has 0 aromatic rings. The minimum Gasteiger partial charge on any atom is -0.430 e. The Balaban J connectivity index is 0.000000251. The van der Waals surface area contributed by atoms with Gasteiger partial charge in [0.25, 0.3) is 0 Å². The summed E-state index contributed by atoms with van der Waals surface area (Å²) in [7, 11) is -0.750. The topological polar surface area (TPSA) is 40.5 Å². The van der Waals surface area contributed by atoms with E-state index < -0.39 is 7.69 Å². The fraction of sp³-hybridized carbons (Fsp3) is 0.400. The van der Waals surface area contributed by atoms with Crippen molar-refractivity contribution in [1.82, 2.24) is 0 Å². The third-order valence-electron chi connectivity index (χ3n) is 2.05. The molecule has 0 radical (unpaired) electrons. The average Bonchev–Trinajstić information content (AvgIpc) is 2.58. The fourth-order valence-corrected chi connectivity index (χ4v) is 1.19. The van der Waals surface area contributed by atoms with Crippen molar-refractivity contribution < 1.29 is 10.0 Å². The van der Waals surface area contributed by atoms with E-state index in [1.807, 2.05) is 0 Å². The predicted octanol–water partition coefficient (Wildman–Crippen LogP) is 1.20. The summed E-state index contributed by atoms with van der Waals surface area (Å²) in [5.41, 5.74) is 4.70. The monoisotopic (exact) mass is 178 g/mol. The van der Waals surface area contributed by atoms with Gasteiger partial charge in [-0.3, -0.25) is 0 Å². The van der Waals surface area contributed by atoms with Crippen LogP contribution >= 0.6 is 0 Å². The van der Waals surface area contributed by atoms with Gasteiger partial charge >= 0.3 is 7.69 Å². The molecule has 0 bridgehead atoms. The first-order chi connectivity index (χ1) is 5.99. The largest absolute Gasteiger partial charge is 0.432 e. The maximum Gasteiger partial charge on any atom is 0.432 e. The Hall–Kier alpha value is -0.795. The molecular weight excluding hydrogens is 163 g/mol. The molecule has 0 aliphatic heterocycles. The molecule has 13 heavy (non-hydrogen) atoms. The number of hydrogen-bond donors (Lipinski definition) is 2. The van der Waals surface area contributed by atoms with Gasteiger partial charge in [0, 0.05) is 0 Å². The molecular formula is C10H15BO2. The summed E-state index contributed by atoms with van der Waals surface area (Å²) in [6, 6.07) is 6.79. The van der Waals surface area contributed by atoms with Gasteiger partial charge in [-0.1, -0.05) is 32.9 Å². The van der Waals surface area contributed by atoms with Crippen molar-refractivity contribution in [2.24, 2.45) is 0 Å². The van der Waals surface area contributed by atoms with Crippen LogP contribution in [0, 0.1) is 0 Å². The van der Waals surface area contributed by atoms with E-state index in [2.05, 4.69) is 39.0 Å². The quantitative estimate of drug-likeness (QED) is 0.595. The van der Waals surface area contributed by atoms with Crippen LogP contribution in [0.4, 0.5) is 0 Å². The lowest BCUT2D eigenvalue weighted by Crippen LogP contribution is -2.08. The molecule has 3 heteroatoms. The molecule has 0 heterocycles. The first-order valence-electron chi connectivity index (χ1n) is 4.36. The molecule has 70 valence electrons. The molecule has 0 unspecified atom stereocenters. The van der Waals surface area contributed by atoms with Crippen LogP contribution in [0.2, 0.25) is 0 Å². The molecule has 2 aliphatic rings. The van der Waals surface area contributed by atoms with Gasteiger partial charge in [0.15, 0.2) is 0 Å². The van der Waals surface area contributed by atoms with Gasteiger partial charge in [0.2, 0.25) is 0 Å². The summed E-state index contributed by atoms with van der Waals surface area (Å²) < 4.78 is 0. The third-order valence-corrected chi connectivity index (χ3v) is 2.05. The van der Waals surface area contributed by atoms with Gasteiger partial charge in [-0.25, -0.2) is 0 Å². The van der Waals surface area contributed by atoms with Gasteiger partial charge in [-0.05, 0) is 28.2 Å². The standard InChI is InChI=1S/C10H12.BH3O2/c1-10(2,3)9-5-7-4-8(7)6-9;2-1-3/h4-6H,1-3H3;1-3H. The highest BCUT2D eigenvalue weighted by molar-refractivity contribution is 6.13. The maximum absolute atomic E-state index is 7.12. The molecule has 0 aromatic carbocycles. The fourth-order valence-electron chi connectivity index (χ4n) is 1.19.